The van der Waals surface area contributed by atoms with E-state index in [-0.39, 0.29) is 50.0 Å². The van der Waals surface area contributed by atoms with Gasteiger partial charge in [0.25, 0.3) is 6.71 Å². The first-order chi connectivity index (χ1) is 32.9. The highest BCUT2D eigenvalue weighted by Crippen LogP contribution is 2.56. The Bertz CT molecular complexity index is 3270. The Hall–Kier alpha value is -4.70. The molecule has 0 saturated heterocycles. The third-order valence-corrected chi connectivity index (χ3v) is 20.5. The Labute approximate surface area is 428 Å². The average molecular weight is 943 g/mol. The Morgan fingerprint density at radius 1 is 0.408 bits per heavy atom. The second-order valence-electron chi connectivity index (χ2n) is 29.4. The van der Waals surface area contributed by atoms with Crippen LogP contribution in [0.5, 0.6) is 0 Å². The molecule has 0 bridgehead atoms. The van der Waals surface area contributed by atoms with Gasteiger partial charge in [-0.05, 0) is 216 Å². The van der Waals surface area contributed by atoms with Crippen molar-refractivity contribution < 1.29 is 4.42 Å². The fourth-order valence-electron chi connectivity index (χ4n) is 14.9. The number of hydrogen-bond acceptors (Lipinski definition) is 3. The number of anilines is 6. The number of hydrogen-bond donors (Lipinski definition) is 0. The molecule has 0 spiro atoms. The molecular weight excluding hydrogens is 860 g/mol. The summed E-state index contributed by atoms with van der Waals surface area (Å²) in [6, 6.07) is 30.7. The molecule has 6 aromatic rings. The Morgan fingerprint density at radius 3 is 1.25 bits per heavy atom. The van der Waals surface area contributed by atoms with Crippen molar-refractivity contribution in [3.05, 3.63) is 123 Å². The van der Waals surface area contributed by atoms with E-state index in [1.165, 1.54) is 152 Å². The molecule has 6 aliphatic rings. The zero-order chi connectivity index (χ0) is 50.7. The Kier molecular flexibility index (Phi) is 9.69. The van der Waals surface area contributed by atoms with E-state index in [1.54, 1.807) is 0 Å². The fourth-order valence-corrected chi connectivity index (χ4v) is 14.9. The maximum absolute atomic E-state index is 7.78. The number of benzene rings is 5. The summed E-state index contributed by atoms with van der Waals surface area (Å²) >= 11 is 0. The Morgan fingerprint density at radius 2 is 0.789 bits per heavy atom. The largest absolute Gasteiger partial charge is 0.468 e. The summed E-state index contributed by atoms with van der Waals surface area (Å²) < 4.78 is 7.78. The lowest BCUT2D eigenvalue weighted by Crippen LogP contribution is -2.61. The topological polar surface area (TPSA) is 19.6 Å². The lowest BCUT2D eigenvalue weighted by Gasteiger charge is -2.47. The van der Waals surface area contributed by atoms with Crippen LogP contribution < -0.4 is 26.4 Å². The summed E-state index contributed by atoms with van der Waals surface area (Å²) in [5.74, 6) is 0.312. The van der Waals surface area contributed by atoms with Gasteiger partial charge in [0.15, 0.2) is 0 Å². The first-order valence-electron chi connectivity index (χ1n) is 27.8. The SMILES string of the molecule is CC(C)c1cc2c3c(c1)N(c1ccc4c(c1)C(C)(C)CCC4(C)C)c1c(oc4cc5c(cc14)C(C)(C)CCC5(C)C)B3c1cc3c(cc1N2c1ccc2c(c1)C(C)(C)CCC2(C)C)C(C)(C)CCC3(C)C. The molecule has 3 heterocycles. The number of nitrogens with zero attached hydrogens (tertiary/aromatic N) is 2. The molecule has 1 aromatic heterocycles. The molecule has 4 aliphatic carbocycles. The minimum absolute atomic E-state index is 0.0358. The summed E-state index contributed by atoms with van der Waals surface area (Å²) in [4.78, 5) is 5.42. The lowest BCUT2D eigenvalue weighted by atomic mass is 9.35. The highest BCUT2D eigenvalue weighted by molar-refractivity contribution is 7.00. The molecule has 0 N–H and O–H groups in total. The molecule has 0 radical (unpaired) electrons. The molecule has 4 heteroatoms. The molecule has 0 saturated carbocycles. The van der Waals surface area contributed by atoms with Crippen LogP contribution in [0.4, 0.5) is 34.1 Å². The first-order valence-corrected chi connectivity index (χ1v) is 27.8. The van der Waals surface area contributed by atoms with E-state index in [2.05, 4.69) is 207 Å². The van der Waals surface area contributed by atoms with Crippen LogP contribution in [-0.2, 0) is 43.3 Å². The minimum Gasteiger partial charge on any atom is -0.468 e. The van der Waals surface area contributed by atoms with Crippen LogP contribution in [0.15, 0.2) is 77.2 Å². The van der Waals surface area contributed by atoms with Gasteiger partial charge in [0.1, 0.15) is 5.58 Å². The second kappa shape index (κ2) is 14.5. The van der Waals surface area contributed by atoms with Gasteiger partial charge in [0, 0.05) is 33.8 Å². The van der Waals surface area contributed by atoms with Crippen molar-refractivity contribution >= 4 is 68.4 Å². The van der Waals surface area contributed by atoms with Crippen molar-refractivity contribution in [1.29, 1.82) is 0 Å². The van der Waals surface area contributed by atoms with Crippen LogP contribution in [0.2, 0.25) is 0 Å². The molecule has 0 atom stereocenters. The molecule has 5 aromatic carbocycles. The maximum atomic E-state index is 7.78. The molecular formula is C67H83BN2O. The van der Waals surface area contributed by atoms with Gasteiger partial charge < -0.3 is 14.2 Å². The average Bonchev–Trinajstić information content (AvgIpc) is 3.67. The van der Waals surface area contributed by atoms with Gasteiger partial charge in [-0.2, -0.15) is 0 Å². The van der Waals surface area contributed by atoms with Crippen LogP contribution in [0, 0.1) is 0 Å². The van der Waals surface area contributed by atoms with Crippen molar-refractivity contribution in [1.82, 2.24) is 0 Å². The quantitative estimate of drug-likeness (QED) is 0.165. The van der Waals surface area contributed by atoms with Gasteiger partial charge in [0.2, 0.25) is 0 Å². The van der Waals surface area contributed by atoms with E-state index >= 15 is 0 Å². The predicted octanol–water partition coefficient (Wildman–Crippen LogP) is 17.0. The van der Waals surface area contributed by atoms with Crippen molar-refractivity contribution in [2.24, 2.45) is 0 Å². The molecule has 12 rings (SSSR count). The number of fused-ring (bicyclic) bond motifs is 10. The molecule has 71 heavy (non-hydrogen) atoms. The van der Waals surface area contributed by atoms with Crippen LogP contribution in [0.3, 0.4) is 0 Å². The van der Waals surface area contributed by atoms with E-state index in [4.69, 9.17) is 4.42 Å². The standard InChI is InChI=1S/C67H83BN2O/c1-39(2)40-31-54-57-55(32-40)70(42-20-22-45-47(34-42)63(9,10)26-24-61(45,5)6)58-43-35-48-51(67(17,18)30-27-64(48,11)12)38-56(43)71-59(58)68(57)52-36-49-50(66(15,16)29-28-65(49,13)14)37-53(52)69(54)41-19-21-44-46(33-41)62(7,8)25-23-60(44,3)4/h19-22,31-39H,23-30H2,1-18H3. The molecule has 0 amide bonds. The zero-order valence-electron chi connectivity index (χ0n) is 47.0. The van der Waals surface area contributed by atoms with E-state index in [1.807, 2.05) is 0 Å². The predicted molar refractivity (Wildman–Crippen MR) is 305 cm³/mol. The number of rotatable bonds is 3. The third-order valence-electron chi connectivity index (χ3n) is 20.5. The van der Waals surface area contributed by atoms with E-state index in [0.29, 0.717) is 5.92 Å². The smallest absolute Gasteiger partial charge is 0.297 e. The zero-order valence-corrected chi connectivity index (χ0v) is 47.0. The maximum Gasteiger partial charge on any atom is 0.297 e. The van der Waals surface area contributed by atoms with Crippen LogP contribution in [0.1, 0.15) is 232 Å². The molecule has 2 aliphatic heterocycles. The van der Waals surface area contributed by atoms with Gasteiger partial charge in [-0.3, -0.25) is 0 Å². The lowest BCUT2D eigenvalue weighted by molar-refractivity contribution is 0.332. The fraction of sp³-hybridized carbons (Fsp3) is 0.522. The van der Waals surface area contributed by atoms with Gasteiger partial charge in [-0.25, -0.2) is 0 Å². The second-order valence-corrected chi connectivity index (χ2v) is 29.4. The van der Waals surface area contributed by atoms with Gasteiger partial charge in [-0.1, -0.05) is 143 Å². The normalized spacial score (nSPS) is 22.7. The highest BCUT2D eigenvalue weighted by atomic mass is 16.3. The van der Waals surface area contributed by atoms with Gasteiger partial charge >= 0.3 is 0 Å². The first kappa shape index (κ1) is 47.3. The van der Waals surface area contributed by atoms with Gasteiger partial charge in [-0.15, -0.1) is 0 Å². The third kappa shape index (κ3) is 6.72. The molecule has 3 nitrogen and oxygen atoms in total. The summed E-state index contributed by atoms with van der Waals surface area (Å²) in [7, 11) is 0. The molecule has 0 unspecified atom stereocenters. The van der Waals surface area contributed by atoms with Crippen LogP contribution >= 0.6 is 0 Å². The monoisotopic (exact) mass is 943 g/mol. The summed E-state index contributed by atoms with van der Waals surface area (Å²) in [6.45, 7) is 44.3. The summed E-state index contributed by atoms with van der Waals surface area (Å²) in [5.41, 5.74) is 26.3. The van der Waals surface area contributed by atoms with Gasteiger partial charge in [0.05, 0.1) is 11.3 Å². The summed E-state index contributed by atoms with van der Waals surface area (Å²) in [6.07, 6.45) is 9.42. The van der Waals surface area contributed by atoms with E-state index in [0.717, 1.165) is 11.2 Å². The minimum atomic E-state index is -0.101. The number of furan rings is 1. The van der Waals surface area contributed by atoms with Crippen molar-refractivity contribution in [2.75, 3.05) is 9.80 Å². The van der Waals surface area contributed by atoms with Crippen molar-refractivity contribution in [2.45, 2.75) is 225 Å². The molecule has 0 fully saturated rings. The van der Waals surface area contributed by atoms with E-state index < -0.39 is 0 Å². The van der Waals surface area contributed by atoms with Crippen molar-refractivity contribution in [3.63, 3.8) is 0 Å². The van der Waals surface area contributed by atoms with Crippen molar-refractivity contribution in [3.8, 4) is 0 Å². The van der Waals surface area contributed by atoms with Crippen LogP contribution in [0.25, 0.3) is 11.0 Å². The van der Waals surface area contributed by atoms with Crippen LogP contribution in [-0.4, -0.2) is 6.71 Å². The highest BCUT2D eigenvalue weighted by Gasteiger charge is 2.51. The molecule has 370 valence electrons. The Balaban J connectivity index is 1.23. The summed E-state index contributed by atoms with van der Waals surface area (Å²) in [5, 5.41) is 1.24. The van der Waals surface area contributed by atoms with E-state index in [9.17, 15) is 0 Å².